The van der Waals surface area contributed by atoms with Crippen LogP contribution in [0.15, 0.2) is 200 Å². The maximum absolute atomic E-state index is 12.2. The van der Waals surface area contributed by atoms with Crippen LogP contribution in [0.3, 0.4) is 0 Å². The molecule has 14 rings (SSSR count). The molecule has 0 unspecified atom stereocenters. The summed E-state index contributed by atoms with van der Waals surface area (Å²) in [6, 6.07) is 76.1. The number of aromatic nitrogens is 3. The molecule has 0 fully saturated rings. The van der Waals surface area contributed by atoms with Crippen molar-refractivity contribution < 1.29 is 0 Å². The van der Waals surface area contributed by atoms with Crippen molar-refractivity contribution in [1.82, 2.24) is 13.7 Å². The van der Waals surface area contributed by atoms with Gasteiger partial charge in [0.1, 0.15) is 23.3 Å². The van der Waals surface area contributed by atoms with E-state index < -0.39 is 0 Å². The molecule has 14 aromatic rings. The smallest absolute Gasteiger partial charge is 0.104 e. The number of nitriles is 2. The summed E-state index contributed by atoms with van der Waals surface area (Å²) in [5, 5.41) is 35.3. The molecule has 0 aliphatic rings. The van der Waals surface area contributed by atoms with E-state index in [1.807, 2.05) is 6.07 Å². The summed E-state index contributed by atoms with van der Waals surface area (Å²) in [5.74, 6) is 0. The predicted octanol–water partition coefficient (Wildman–Crippen LogP) is 15.9. The predicted molar refractivity (Wildman–Crippen MR) is 275 cm³/mol. The average Bonchev–Trinajstić information content (AvgIpc) is 4.11. The Morgan fingerprint density at radius 2 is 0.712 bits per heavy atom. The minimum atomic E-state index is 0.406. The minimum Gasteiger partial charge on any atom is -0.307 e. The van der Waals surface area contributed by atoms with E-state index in [-0.39, 0.29) is 0 Å². The number of nitrogens with zero attached hydrogens (tertiary/aromatic N) is 5. The maximum Gasteiger partial charge on any atom is 0.104 e. The number of thiophene rings is 1. The molecule has 4 aromatic heterocycles. The van der Waals surface area contributed by atoms with Crippen LogP contribution in [0, 0.1) is 22.7 Å². The first kappa shape index (κ1) is 36.5. The molecule has 0 aliphatic heterocycles. The van der Waals surface area contributed by atoms with Gasteiger partial charge in [0.05, 0.1) is 50.2 Å². The van der Waals surface area contributed by atoms with E-state index in [1.54, 1.807) is 11.3 Å². The van der Waals surface area contributed by atoms with Crippen molar-refractivity contribution in [2.24, 2.45) is 0 Å². The first-order valence-electron chi connectivity index (χ1n) is 22.1. The highest BCUT2D eigenvalue weighted by Gasteiger charge is 2.33. The molecule has 0 saturated carbocycles. The third kappa shape index (κ3) is 4.91. The lowest BCUT2D eigenvalue weighted by Crippen LogP contribution is -2.14. The van der Waals surface area contributed by atoms with E-state index in [9.17, 15) is 10.5 Å². The van der Waals surface area contributed by atoms with E-state index in [4.69, 9.17) is 0 Å². The Morgan fingerprint density at radius 1 is 0.318 bits per heavy atom. The number of hydrogen-bond donors (Lipinski definition) is 0. The van der Waals surface area contributed by atoms with Crippen LogP contribution in [-0.2, 0) is 0 Å². The molecule has 0 spiro atoms. The zero-order chi connectivity index (χ0) is 43.6. The molecule has 304 valence electrons. The van der Waals surface area contributed by atoms with Crippen LogP contribution >= 0.6 is 11.3 Å². The monoisotopic (exact) mass is 855 g/mol. The van der Waals surface area contributed by atoms with Gasteiger partial charge in [-0.05, 0) is 77.0 Å². The Labute approximate surface area is 381 Å². The molecule has 6 heteroatoms. The van der Waals surface area contributed by atoms with Crippen molar-refractivity contribution in [3.05, 3.63) is 211 Å². The number of fused-ring (bicyclic) bond motifs is 13. The summed E-state index contributed by atoms with van der Waals surface area (Å²) in [7, 11) is 0. The molecule has 0 aliphatic carbocycles. The molecular formula is C60H33N5S. The van der Waals surface area contributed by atoms with E-state index in [0.717, 1.165) is 92.7 Å². The molecule has 0 saturated heterocycles. The second kappa shape index (κ2) is 13.8. The lowest BCUT2D eigenvalue weighted by molar-refractivity contribution is 1.08. The van der Waals surface area contributed by atoms with Crippen LogP contribution in [0.5, 0.6) is 0 Å². The van der Waals surface area contributed by atoms with Gasteiger partial charge in [-0.2, -0.15) is 10.5 Å². The fourth-order valence-corrected chi connectivity index (χ4v) is 12.1. The Kier molecular flexibility index (Phi) is 7.63. The highest BCUT2D eigenvalue weighted by molar-refractivity contribution is 7.25. The van der Waals surface area contributed by atoms with Gasteiger partial charge in [-0.15, -0.1) is 11.3 Å². The molecular weight excluding hydrogens is 823 g/mol. The third-order valence-corrected chi connectivity index (χ3v) is 14.8. The minimum absolute atomic E-state index is 0.406. The highest BCUT2D eigenvalue weighted by Crippen LogP contribution is 2.50. The largest absolute Gasteiger partial charge is 0.307 e. The molecule has 10 aromatic carbocycles. The third-order valence-electron chi connectivity index (χ3n) is 13.7. The standard InChI is InChI=1S/C60H33N5S/c61-34-47-58(65-53-27-13-7-21-43(53)45-31-36-15-1-2-16-37(36)33-54(45)65)48(35-62)60(64-51-25-11-5-19-41(51)42-20-6-12-26-52(42)64)57(38-29-30-56-46(32-38)44-22-8-14-28-55(44)66-56)59(47)63-49-23-9-3-17-39(49)40-18-4-10-24-50(40)63/h1-33H. The van der Waals surface area contributed by atoms with Crippen molar-refractivity contribution in [3.8, 4) is 40.3 Å². The lowest BCUT2D eigenvalue weighted by Gasteiger charge is -2.26. The molecule has 5 nitrogen and oxygen atoms in total. The van der Waals surface area contributed by atoms with E-state index >= 15 is 0 Å². The first-order valence-corrected chi connectivity index (χ1v) is 22.9. The summed E-state index contributed by atoms with van der Waals surface area (Å²) >= 11 is 1.78. The average molecular weight is 856 g/mol. The second-order valence-corrected chi connectivity index (χ2v) is 18.1. The van der Waals surface area contributed by atoms with Gasteiger partial charge in [-0.3, -0.25) is 0 Å². The van der Waals surface area contributed by atoms with E-state index in [2.05, 4.69) is 220 Å². The SMILES string of the molecule is N#Cc1c(-n2c3ccccc3c3cc4ccccc4cc32)c(C#N)c(-n2c3ccccc3c3ccccc32)c(-c2ccc3sc4ccccc4c3c2)c1-n1c2ccccc2c2ccccc21. The van der Waals surface area contributed by atoms with Gasteiger partial charge in [0.15, 0.2) is 0 Å². The zero-order valence-corrected chi connectivity index (χ0v) is 36.0. The van der Waals surface area contributed by atoms with E-state index in [1.165, 1.54) is 14.8 Å². The number of hydrogen-bond acceptors (Lipinski definition) is 3. The fourth-order valence-electron chi connectivity index (χ4n) is 11.0. The topological polar surface area (TPSA) is 62.4 Å². The molecule has 0 N–H and O–H groups in total. The molecule has 0 radical (unpaired) electrons. The maximum atomic E-state index is 12.2. The first-order chi connectivity index (χ1) is 32.7. The Bertz CT molecular complexity index is 4240. The van der Waals surface area contributed by atoms with Crippen LogP contribution in [-0.4, -0.2) is 13.7 Å². The Balaban J connectivity index is 1.29. The van der Waals surface area contributed by atoms with Crippen LogP contribution < -0.4 is 0 Å². The lowest BCUT2D eigenvalue weighted by atomic mass is 9.91. The summed E-state index contributed by atoms with van der Waals surface area (Å²) in [6.07, 6.45) is 0. The van der Waals surface area contributed by atoms with Gasteiger partial charge in [0, 0.05) is 58.1 Å². The summed E-state index contributed by atoms with van der Waals surface area (Å²) in [4.78, 5) is 0. The van der Waals surface area contributed by atoms with Gasteiger partial charge < -0.3 is 13.7 Å². The Morgan fingerprint density at radius 3 is 1.21 bits per heavy atom. The summed E-state index contributed by atoms with van der Waals surface area (Å²) in [5.41, 5.74) is 10.2. The quantitative estimate of drug-likeness (QED) is 0.177. The van der Waals surface area contributed by atoms with Gasteiger partial charge in [0.25, 0.3) is 0 Å². The van der Waals surface area contributed by atoms with Gasteiger partial charge in [-0.25, -0.2) is 0 Å². The fraction of sp³-hybridized carbons (Fsp3) is 0. The van der Waals surface area contributed by atoms with Gasteiger partial charge in [0.2, 0.25) is 0 Å². The van der Waals surface area contributed by atoms with Crippen LogP contribution in [0.25, 0.3) is 125 Å². The van der Waals surface area contributed by atoms with Crippen molar-refractivity contribution in [2.75, 3.05) is 0 Å². The molecule has 0 bridgehead atoms. The molecule has 4 heterocycles. The van der Waals surface area contributed by atoms with Gasteiger partial charge in [-0.1, -0.05) is 140 Å². The Hall–Kier alpha value is -8.94. The zero-order valence-electron chi connectivity index (χ0n) is 35.2. The highest BCUT2D eigenvalue weighted by atomic mass is 32.1. The van der Waals surface area contributed by atoms with Crippen LogP contribution in [0.4, 0.5) is 0 Å². The van der Waals surface area contributed by atoms with Crippen molar-refractivity contribution >= 4 is 108 Å². The molecule has 0 atom stereocenters. The molecule has 0 amide bonds. The normalized spacial score (nSPS) is 11.9. The molecule has 66 heavy (non-hydrogen) atoms. The van der Waals surface area contributed by atoms with Crippen molar-refractivity contribution in [1.29, 1.82) is 10.5 Å². The van der Waals surface area contributed by atoms with Crippen LogP contribution in [0.1, 0.15) is 11.1 Å². The summed E-state index contributed by atoms with van der Waals surface area (Å²) in [6.45, 7) is 0. The second-order valence-electron chi connectivity index (χ2n) is 17.0. The number of benzene rings is 10. The van der Waals surface area contributed by atoms with Crippen molar-refractivity contribution in [3.63, 3.8) is 0 Å². The number of para-hydroxylation sites is 5. The van der Waals surface area contributed by atoms with Crippen molar-refractivity contribution in [2.45, 2.75) is 0 Å². The summed E-state index contributed by atoms with van der Waals surface area (Å²) < 4.78 is 9.16. The number of rotatable bonds is 4. The van der Waals surface area contributed by atoms with Gasteiger partial charge >= 0.3 is 0 Å². The van der Waals surface area contributed by atoms with E-state index in [0.29, 0.717) is 28.2 Å². The van der Waals surface area contributed by atoms with Crippen LogP contribution in [0.2, 0.25) is 0 Å².